The molecule has 1 aliphatic rings. The second-order valence-corrected chi connectivity index (χ2v) is 13.6. The fraction of sp³-hybridized carbons (Fsp3) is 0.444. The van der Waals surface area contributed by atoms with Crippen LogP contribution in [0.2, 0.25) is 0 Å². The molecular weight excluding hydrogens is 664 g/mol. The van der Waals surface area contributed by atoms with Crippen LogP contribution in [0.15, 0.2) is 64.8 Å². The first-order valence-corrected chi connectivity index (χ1v) is 16.8. The van der Waals surface area contributed by atoms with Crippen LogP contribution in [-0.2, 0) is 30.3 Å². The van der Waals surface area contributed by atoms with Gasteiger partial charge in [0.1, 0.15) is 17.8 Å². The summed E-state index contributed by atoms with van der Waals surface area (Å²) in [5.74, 6) is -1.93. The quantitative estimate of drug-likeness (QED) is 0.203. The van der Waals surface area contributed by atoms with Gasteiger partial charge in [-0.25, -0.2) is 0 Å². The summed E-state index contributed by atoms with van der Waals surface area (Å²) in [6.45, 7) is 9.27. The molecule has 1 aliphatic heterocycles. The minimum Gasteiger partial charge on any atom is -0.508 e. The van der Waals surface area contributed by atoms with Gasteiger partial charge in [-0.2, -0.15) is 0 Å². The van der Waals surface area contributed by atoms with E-state index in [9.17, 15) is 24.3 Å². The molecule has 3 amide bonds. The van der Waals surface area contributed by atoms with Crippen LogP contribution in [0.25, 0.3) is 10.9 Å². The number of allylic oxidation sites excluding steroid dienone is 2. The minimum atomic E-state index is -1.02. The van der Waals surface area contributed by atoms with E-state index in [1.54, 1.807) is 26.1 Å². The Kier molecular flexibility index (Phi) is 11.9. The zero-order chi connectivity index (χ0) is 34.4. The van der Waals surface area contributed by atoms with Crippen molar-refractivity contribution in [1.29, 1.82) is 0 Å². The Morgan fingerprint density at radius 2 is 1.62 bits per heavy atom. The number of phenols is 1. The van der Waals surface area contributed by atoms with Gasteiger partial charge in [0.2, 0.25) is 17.7 Å². The molecule has 0 spiro atoms. The van der Waals surface area contributed by atoms with Crippen molar-refractivity contribution in [3.63, 3.8) is 0 Å². The Hall–Kier alpha value is -4.12. The molecule has 10 nitrogen and oxygen atoms in total. The molecular formula is C36H45BrN4O6. The van der Waals surface area contributed by atoms with Crippen molar-refractivity contribution in [2.24, 2.45) is 11.8 Å². The number of esters is 1. The summed E-state index contributed by atoms with van der Waals surface area (Å²) in [5.41, 5.74) is 3.29. The highest BCUT2D eigenvalue weighted by Crippen LogP contribution is 2.29. The summed E-state index contributed by atoms with van der Waals surface area (Å²) in [5, 5.41) is 16.7. The number of phenolic OH excluding ortho intramolecular Hbond substituents is 1. The van der Waals surface area contributed by atoms with E-state index in [2.05, 4.69) is 37.6 Å². The van der Waals surface area contributed by atoms with Gasteiger partial charge in [-0.05, 0) is 84.8 Å². The number of cyclic esters (lactones) is 1. The number of ether oxygens (including phenoxy) is 1. The molecule has 3 unspecified atom stereocenters. The molecule has 11 heteroatoms. The van der Waals surface area contributed by atoms with Crippen molar-refractivity contribution in [1.82, 2.24) is 20.5 Å². The summed E-state index contributed by atoms with van der Waals surface area (Å²) >= 11 is 3.60. The molecule has 0 radical (unpaired) electrons. The van der Waals surface area contributed by atoms with Crippen LogP contribution in [0.5, 0.6) is 5.75 Å². The monoisotopic (exact) mass is 708 g/mol. The predicted octanol–water partition coefficient (Wildman–Crippen LogP) is 5.70. The zero-order valence-corrected chi connectivity index (χ0v) is 29.4. The van der Waals surface area contributed by atoms with Gasteiger partial charge in [0, 0.05) is 30.3 Å². The number of halogens is 1. The summed E-state index contributed by atoms with van der Waals surface area (Å²) in [4.78, 5) is 59.2. The maximum Gasteiger partial charge on any atom is 0.308 e. The number of benzene rings is 2. The fourth-order valence-corrected chi connectivity index (χ4v) is 6.87. The molecule has 6 atom stereocenters. The number of hydrogen-bond acceptors (Lipinski definition) is 6. The lowest BCUT2D eigenvalue weighted by Crippen LogP contribution is -2.55. The summed E-state index contributed by atoms with van der Waals surface area (Å²) in [7, 11) is 1.55. The number of carbonyl (C=O) groups is 4. The van der Waals surface area contributed by atoms with E-state index < -0.39 is 42.0 Å². The number of rotatable bonds is 3. The molecule has 2 heterocycles. The Bertz CT molecular complexity index is 1630. The topological polar surface area (TPSA) is 141 Å². The first-order chi connectivity index (χ1) is 22.2. The van der Waals surface area contributed by atoms with Gasteiger partial charge < -0.3 is 30.4 Å². The molecule has 252 valence electrons. The minimum absolute atomic E-state index is 0.0439. The van der Waals surface area contributed by atoms with Crippen molar-refractivity contribution in [3.8, 4) is 5.75 Å². The van der Waals surface area contributed by atoms with Crippen molar-refractivity contribution in [2.75, 3.05) is 7.05 Å². The lowest BCUT2D eigenvalue weighted by molar-refractivity contribution is -0.149. The lowest BCUT2D eigenvalue weighted by Gasteiger charge is -2.31. The molecule has 4 N–H and O–H groups in total. The number of nitrogens with one attached hydrogen (secondary N) is 3. The molecule has 4 rings (SSSR count). The number of H-pyrrole nitrogens is 1. The van der Waals surface area contributed by atoms with Gasteiger partial charge in [-0.3, -0.25) is 19.2 Å². The SMILES string of the molecule is C/C1=C\C(C)CC(C)OC(=O)C[C@H](c2ccc(O)cc2)NC(=O)[C@@H](Cc2c(Br)[nH]c3ccccc23)N(C)C(=O)C(C)NC(=O)[C@@H](C)C1. The standard InChI is InChI=1S/C36H45BrN4O6/c1-20-15-21(2)17-23(4)47-32(43)19-30(25-11-13-26(42)14-12-25)40-35(45)31(18-28-27-9-7-8-10-29(27)39-33(28)37)41(6)36(46)24(5)38-34(44)22(3)16-20/h7-15,21-24,30-31,39,42H,16-19H2,1-6H3,(H,38,44)(H,40,45)/b20-15+/t21?,22-,23?,24?,30+,31+/m0/s1. The summed E-state index contributed by atoms with van der Waals surface area (Å²) < 4.78 is 6.47. The van der Waals surface area contributed by atoms with E-state index in [-0.39, 0.29) is 36.3 Å². The van der Waals surface area contributed by atoms with Crippen LogP contribution in [0.3, 0.4) is 0 Å². The molecule has 0 saturated heterocycles. The van der Waals surface area contributed by atoms with Crippen molar-refractivity contribution < 1.29 is 29.0 Å². The number of para-hydroxylation sites is 1. The number of aromatic hydroxyl groups is 1. The zero-order valence-electron chi connectivity index (χ0n) is 27.8. The number of aromatic amines is 1. The molecule has 0 bridgehead atoms. The highest BCUT2D eigenvalue weighted by molar-refractivity contribution is 9.10. The maximum absolute atomic E-state index is 14.3. The van der Waals surface area contributed by atoms with Crippen LogP contribution in [0.4, 0.5) is 0 Å². The van der Waals surface area contributed by atoms with Crippen LogP contribution in [0.1, 0.15) is 71.0 Å². The fourth-order valence-electron chi connectivity index (χ4n) is 6.28. The molecule has 3 aromatic rings. The number of carbonyl (C=O) groups excluding carboxylic acids is 4. The van der Waals surface area contributed by atoms with E-state index in [0.717, 1.165) is 22.0 Å². The number of fused-ring (bicyclic) bond motifs is 1. The summed E-state index contributed by atoms with van der Waals surface area (Å²) in [6.07, 6.45) is 2.76. The number of aromatic nitrogens is 1. The summed E-state index contributed by atoms with van der Waals surface area (Å²) in [6, 6.07) is 11.2. The van der Waals surface area contributed by atoms with Crippen LogP contribution in [-0.4, -0.2) is 63.9 Å². The van der Waals surface area contributed by atoms with Crippen LogP contribution >= 0.6 is 15.9 Å². The second-order valence-electron chi connectivity index (χ2n) is 12.9. The number of amides is 3. The highest BCUT2D eigenvalue weighted by Gasteiger charge is 2.34. The average Bonchev–Trinajstić information content (AvgIpc) is 3.32. The van der Waals surface area contributed by atoms with Crippen molar-refractivity contribution in [3.05, 3.63) is 75.9 Å². The van der Waals surface area contributed by atoms with Crippen LogP contribution < -0.4 is 10.6 Å². The van der Waals surface area contributed by atoms with Gasteiger partial charge in [0.15, 0.2) is 0 Å². The van der Waals surface area contributed by atoms with Crippen molar-refractivity contribution in [2.45, 2.75) is 84.5 Å². The smallest absolute Gasteiger partial charge is 0.308 e. The lowest BCUT2D eigenvalue weighted by atomic mass is 9.95. The van der Waals surface area contributed by atoms with Gasteiger partial charge >= 0.3 is 5.97 Å². The van der Waals surface area contributed by atoms with E-state index in [0.29, 0.717) is 23.0 Å². The maximum atomic E-state index is 14.3. The molecule has 0 saturated carbocycles. The van der Waals surface area contributed by atoms with Crippen LogP contribution in [0, 0.1) is 11.8 Å². The molecule has 0 fully saturated rings. The van der Waals surface area contributed by atoms with Gasteiger partial charge in [0.05, 0.1) is 23.2 Å². The molecule has 47 heavy (non-hydrogen) atoms. The van der Waals surface area contributed by atoms with E-state index >= 15 is 0 Å². The number of hydrogen-bond donors (Lipinski definition) is 4. The normalized spacial score (nSPS) is 27.1. The van der Waals surface area contributed by atoms with Gasteiger partial charge in [-0.15, -0.1) is 0 Å². The Labute approximate surface area is 284 Å². The Balaban J connectivity index is 1.74. The third-order valence-electron chi connectivity index (χ3n) is 8.67. The Morgan fingerprint density at radius 1 is 0.936 bits per heavy atom. The Morgan fingerprint density at radius 3 is 2.32 bits per heavy atom. The molecule has 0 aliphatic carbocycles. The largest absolute Gasteiger partial charge is 0.508 e. The second kappa shape index (κ2) is 15.6. The number of likely N-dealkylation sites (N-methyl/N-ethyl adjacent to an activating group) is 1. The van der Waals surface area contributed by atoms with E-state index in [1.807, 2.05) is 52.0 Å². The van der Waals surface area contributed by atoms with Gasteiger partial charge in [-0.1, -0.05) is 55.8 Å². The number of nitrogens with zero attached hydrogens (tertiary/aromatic N) is 1. The van der Waals surface area contributed by atoms with E-state index in [1.165, 1.54) is 17.0 Å². The third-order valence-corrected chi connectivity index (χ3v) is 9.35. The highest BCUT2D eigenvalue weighted by atomic mass is 79.9. The van der Waals surface area contributed by atoms with Gasteiger partial charge in [0.25, 0.3) is 0 Å². The first kappa shape index (κ1) is 35.7. The molecule has 1 aromatic heterocycles. The average molecular weight is 710 g/mol. The third kappa shape index (κ3) is 9.24. The first-order valence-electron chi connectivity index (χ1n) is 16.0. The predicted molar refractivity (Wildman–Crippen MR) is 184 cm³/mol. The van der Waals surface area contributed by atoms with E-state index in [4.69, 9.17) is 4.74 Å². The molecule has 2 aromatic carbocycles. The van der Waals surface area contributed by atoms with Crippen molar-refractivity contribution >= 4 is 50.5 Å².